The summed E-state index contributed by atoms with van der Waals surface area (Å²) in [7, 11) is 1.70. The van der Waals surface area contributed by atoms with Gasteiger partial charge in [-0.05, 0) is 25.7 Å². The molecule has 5 heteroatoms. The van der Waals surface area contributed by atoms with Crippen LogP contribution in [0.25, 0.3) is 0 Å². The van der Waals surface area contributed by atoms with Gasteiger partial charge in [0.25, 0.3) is 0 Å². The van der Waals surface area contributed by atoms with Crippen molar-refractivity contribution in [2.75, 3.05) is 32.2 Å². The normalized spacial score (nSPS) is 16.2. The molecule has 1 aromatic rings. The molecule has 0 bridgehead atoms. The van der Waals surface area contributed by atoms with Crippen molar-refractivity contribution in [3.05, 3.63) is 12.4 Å². The first-order valence-corrected chi connectivity index (χ1v) is 8.24. The van der Waals surface area contributed by atoms with Crippen LogP contribution in [0.2, 0.25) is 0 Å². The van der Waals surface area contributed by atoms with Crippen LogP contribution in [-0.2, 0) is 16.0 Å². The van der Waals surface area contributed by atoms with Gasteiger partial charge >= 0.3 is 0 Å². The maximum atomic E-state index is 5.48. The summed E-state index contributed by atoms with van der Waals surface area (Å²) in [5, 5.41) is 3.60. The number of ether oxygens (including phenoxy) is 2. The maximum Gasteiger partial charge on any atom is 0.202 e. The van der Waals surface area contributed by atoms with Gasteiger partial charge in [0.15, 0.2) is 0 Å². The minimum Gasteiger partial charge on any atom is -0.382 e. The molecule has 0 saturated heterocycles. The first-order valence-electron chi connectivity index (χ1n) is 8.24. The van der Waals surface area contributed by atoms with Gasteiger partial charge in [-0.2, -0.15) is 0 Å². The number of hydrogen-bond donors (Lipinski definition) is 1. The van der Waals surface area contributed by atoms with Gasteiger partial charge in [-0.25, -0.2) is 4.98 Å². The van der Waals surface area contributed by atoms with Crippen LogP contribution >= 0.6 is 0 Å². The van der Waals surface area contributed by atoms with Crippen LogP contribution < -0.4 is 5.32 Å². The molecule has 0 atom stereocenters. The molecule has 120 valence electrons. The molecular weight excluding hydrogens is 266 g/mol. The number of nitrogens with zero attached hydrogens (tertiary/aromatic N) is 2. The van der Waals surface area contributed by atoms with Crippen molar-refractivity contribution in [3.63, 3.8) is 0 Å². The highest BCUT2D eigenvalue weighted by Gasteiger charge is 2.14. The summed E-state index contributed by atoms with van der Waals surface area (Å²) in [4.78, 5) is 4.45. The third-order valence-electron chi connectivity index (χ3n) is 4.02. The van der Waals surface area contributed by atoms with Gasteiger partial charge in [0, 0.05) is 38.7 Å². The first-order chi connectivity index (χ1) is 10.4. The highest BCUT2D eigenvalue weighted by atomic mass is 16.5. The molecule has 0 spiro atoms. The Balaban J connectivity index is 1.63. The number of aromatic nitrogens is 2. The molecule has 0 radical (unpaired) electrons. The molecule has 0 aliphatic heterocycles. The summed E-state index contributed by atoms with van der Waals surface area (Å²) >= 11 is 0. The van der Waals surface area contributed by atoms with Gasteiger partial charge in [0.2, 0.25) is 5.95 Å². The fourth-order valence-corrected chi connectivity index (χ4v) is 2.79. The molecule has 1 aliphatic carbocycles. The van der Waals surface area contributed by atoms with Crippen LogP contribution in [0.4, 0.5) is 5.95 Å². The highest BCUT2D eigenvalue weighted by Crippen LogP contribution is 2.21. The van der Waals surface area contributed by atoms with Crippen molar-refractivity contribution >= 4 is 5.95 Å². The Morgan fingerprint density at radius 1 is 1.19 bits per heavy atom. The summed E-state index contributed by atoms with van der Waals surface area (Å²) in [5.74, 6) is 1.03. The molecule has 1 aromatic heterocycles. The Morgan fingerprint density at radius 3 is 2.86 bits per heavy atom. The zero-order valence-electron chi connectivity index (χ0n) is 13.2. The third kappa shape index (κ3) is 6.06. The molecule has 0 unspecified atom stereocenters. The Morgan fingerprint density at radius 2 is 2.05 bits per heavy atom. The molecule has 21 heavy (non-hydrogen) atoms. The van der Waals surface area contributed by atoms with Crippen molar-refractivity contribution in [2.45, 2.75) is 57.5 Å². The van der Waals surface area contributed by atoms with E-state index in [1.54, 1.807) is 7.11 Å². The van der Waals surface area contributed by atoms with E-state index >= 15 is 0 Å². The van der Waals surface area contributed by atoms with Crippen LogP contribution in [0.5, 0.6) is 0 Å². The number of hydrogen-bond acceptors (Lipinski definition) is 4. The van der Waals surface area contributed by atoms with E-state index in [4.69, 9.17) is 9.47 Å². The van der Waals surface area contributed by atoms with E-state index in [2.05, 4.69) is 21.1 Å². The molecular formula is C16H29N3O2. The van der Waals surface area contributed by atoms with E-state index in [0.29, 0.717) is 19.3 Å². The topological polar surface area (TPSA) is 48.3 Å². The lowest BCUT2D eigenvalue weighted by molar-refractivity contribution is 0.0684. The van der Waals surface area contributed by atoms with E-state index in [-0.39, 0.29) is 0 Å². The van der Waals surface area contributed by atoms with Gasteiger partial charge in [-0.1, -0.05) is 19.3 Å². The van der Waals surface area contributed by atoms with Crippen LogP contribution in [0.3, 0.4) is 0 Å². The standard InChI is InChI=1S/C16H29N3O2/c1-20-13-14-21-12-6-5-10-19-11-9-17-16(19)18-15-7-3-2-4-8-15/h9,11,15H,2-8,10,12-14H2,1H3,(H,17,18). The monoisotopic (exact) mass is 295 g/mol. The summed E-state index contributed by atoms with van der Waals surface area (Å²) in [6.07, 6.45) is 12.8. The minimum atomic E-state index is 0.609. The Hall–Kier alpha value is -1.07. The van der Waals surface area contributed by atoms with Crippen molar-refractivity contribution in [1.82, 2.24) is 9.55 Å². The number of anilines is 1. The molecule has 0 aromatic carbocycles. The van der Waals surface area contributed by atoms with Crippen LogP contribution in [0.1, 0.15) is 44.9 Å². The summed E-state index contributed by atoms with van der Waals surface area (Å²) in [5.41, 5.74) is 0. The van der Waals surface area contributed by atoms with Crippen LogP contribution in [0.15, 0.2) is 12.4 Å². The Kier molecular flexibility index (Phi) is 7.60. The van der Waals surface area contributed by atoms with Gasteiger partial charge in [0.1, 0.15) is 0 Å². The molecule has 1 N–H and O–H groups in total. The molecule has 1 saturated carbocycles. The molecule has 2 rings (SSSR count). The second-order valence-corrected chi connectivity index (χ2v) is 5.74. The summed E-state index contributed by atoms with van der Waals surface area (Å²) in [6, 6.07) is 0.609. The van der Waals surface area contributed by atoms with E-state index in [1.165, 1.54) is 32.1 Å². The van der Waals surface area contributed by atoms with Crippen molar-refractivity contribution in [1.29, 1.82) is 0 Å². The number of methoxy groups -OCH3 is 1. The average molecular weight is 295 g/mol. The van der Waals surface area contributed by atoms with Gasteiger partial charge in [0.05, 0.1) is 13.2 Å². The third-order valence-corrected chi connectivity index (χ3v) is 4.02. The number of nitrogens with one attached hydrogen (secondary N) is 1. The van der Waals surface area contributed by atoms with Gasteiger partial charge in [-0.15, -0.1) is 0 Å². The largest absolute Gasteiger partial charge is 0.382 e. The number of rotatable bonds is 10. The highest BCUT2D eigenvalue weighted by molar-refractivity contribution is 5.27. The summed E-state index contributed by atoms with van der Waals surface area (Å²) in [6.45, 7) is 3.18. The summed E-state index contributed by atoms with van der Waals surface area (Å²) < 4.78 is 12.7. The quantitative estimate of drug-likeness (QED) is 0.674. The van der Waals surface area contributed by atoms with Crippen molar-refractivity contribution < 1.29 is 9.47 Å². The fraction of sp³-hybridized carbons (Fsp3) is 0.812. The lowest BCUT2D eigenvalue weighted by Gasteiger charge is -2.23. The molecule has 1 aliphatic rings. The second-order valence-electron chi connectivity index (χ2n) is 5.74. The zero-order valence-corrected chi connectivity index (χ0v) is 13.2. The number of unbranched alkanes of at least 4 members (excludes halogenated alkanes) is 1. The van der Waals surface area contributed by atoms with E-state index in [0.717, 1.165) is 31.9 Å². The van der Waals surface area contributed by atoms with Crippen LogP contribution in [-0.4, -0.2) is 42.5 Å². The predicted octanol–water partition coefficient (Wildman–Crippen LogP) is 3.07. The second kappa shape index (κ2) is 9.79. The molecule has 0 amide bonds. The number of imidazole rings is 1. The molecule has 5 nitrogen and oxygen atoms in total. The van der Waals surface area contributed by atoms with Crippen molar-refractivity contribution in [3.8, 4) is 0 Å². The van der Waals surface area contributed by atoms with Crippen molar-refractivity contribution in [2.24, 2.45) is 0 Å². The van der Waals surface area contributed by atoms with E-state index in [9.17, 15) is 0 Å². The number of aryl methyl sites for hydroxylation is 1. The Labute approximate surface area is 128 Å². The van der Waals surface area contributed by atoms with E-state index in [1.807, 2.05) is 6.20 Å². The maximum absolute atomic E-state index is 5.48. The minimum absolute atomic E-state index is 0.609. The lowest BCUT2D eigenvalue weighted by Crippen LogP contribution is -2.24. The molecule has 1 heterocycles. The van der Waals surface area contributed by atoms with Gasteiger partial charge < -0.3 is 19.4 Å². The zero-order chi connectivity index (χ0) is 14.8. The van der Waals surface area contributed by atoms with Crippen LogP contribution in [0, 0.1) is 0 Å². The first kappa shape index (κ1) is 16.3. The lowest BCUT2D eigenvalue weighted by atomic mass is 9.96. The smallest absolute Gasteiger partial charge is 0.202 e. The molecule has 1 fully saturated rings. The predicted molar refractivity (Wildman–Crippen MR) is 84.7 cm³/mol. The van der Waals surface area contributed by atoms with Gasteiger partial charge in [-0.3, -0.25) is 0 Å². The average Bonchev–Trinajstić information content (AvgIpc) is 2.95. The fourth-order valence-electron chi connectivity index (χ4n) is 2.79. The Bertz CT molecular complexity index is 375. The van der Waals surface area contributed by atoms with E-state index < -0.39 is 0 Å². The SMILES string of the molecule is COCCOCCCCn1ccnc1NC1CCCCC1.